The lowest BCUT2D eigenvalue weighted by atomic mass is 10.1. The number of halogens is 2. The molecule has 0 fully saturated rings. The van der Waals surface area contributed by atoms with Crippen molar-refractivity contribution in [1.29, 1.82) is 0 Å². The van der Waals surface area contributed by atoms with Crippen LogP contribution in [0.15, 0.2) is 23.0 Å². The second kappa shape index (κ2) is 8.08. The van der Waals surface area contributed by atoms with Crippen LogP contribution in [0.3, 0.4) is 0 Å². The summed E-state index contributed by atoms with van der Waals surface area (Å²) < 4.78 is 31.8. The maximum absolute atomic E-state index is 13.8. The van der Waals surface area contributed by atoms with Gasteiger partial charge >= 0.3 is 5.97 Å². The molecule has 7 nitrogen and oxygen atoms in total. The molecule has 29 heavy (non-hydrogen) atoms. The minimum atomic E-state index is -0.788. The van der Waals surface area contributed by atoms with Gasteiger partial charge in [0, 0.05) is 11.6 Å². The van der Waals surface area contributed by atoms with Crippen LogP contribution in [0.2, 0.25) is 0 Å². The first-order valence-electron chi connectivity index (χ1n) is 8.58. The van der Waals surface area contributed by atoms with Gasteiger partial charge in [0.1, 0.15) is 27.2 Å². The number of ether oxygens (including phenoxy) is 1. The Labute approximate surface area is 167 Å². The molecule has 2 heterocycles. The van der Waals surface area contributed by atoms with Crippen molar-refractivity contribution in [3.8, 4) is 0 Å². The first kappa shape index (κ1) is 20.6. The van der Waals surface area contributed by atoms with Crippen LogP contribution in [-0.4, -0.2) is 28.5 Å². The summed E-state index contributed by atoms with van der Waals surface area (Å²) in [7, 11) is 0. The number of hydrogen-bond donors (Lipinski definition) is 2. The smallest absolute Gasteiger partial charge is 0.349 e. The molecule has 1 amide bonds. The number of aromatic amines is 1. The number of aromatic nitrogens is 2. The summed E-state index contributed by atoms with van der Waals surface area (Å²) in [5, 5.41) is 2.78. The summed E-state index contributed by atoms with van der Waals surface area (Å²) in [4.78, 5) is 43.8. The quantitative estimate of drug-likeness (QED) is 0.617. The monoisotopic (exact) mass is 421 g/mol. The topological polar surface area (TPSA) is 101 Å². The Bertz CT molecular complexity index is 1170. The molecule has 0 radical (unpaired) electrons. The first-order valence-corrected chi connectivity index (χ1v) is 9.40. The number of rotatable bonds is 5. The van der Waals surface area contributed by atoms with E-state index in [-0.39, 0.29) is 16.0 Å². The van der Waals surface area contributed by atoms with Crippen molar-refractivity contribution in [3.63, 3.8) is 0 Å². The summed E-state index contributed by atoms with van der Waals surface area (Å²) in [5.41, 5.74) is 0.172. The number of amides is 1. The average molecular weight is 421 g/mol. The van der Waals surface area contributed by atoms with E-state index in [4.69, 9.17) is 4.74 Å². The third-order valence-corrected chi connectivity index (χ3v) is 5.41. The fourth-order valence-corrected chi connectivity index (χ4v) is 3.98. The van der Waals surface area contributed by atoms with Crippen LogP contribution >= 0.6 is 11.3 Å². The number of nitrogens with one attached hydrogen (secondary N) is 2. The molecule has 3 rings (SSSR count). The van der Waals surface area contributed by atoms with Crippen LogP contribution in [0, 0.1) is 25.5 Å². The van der Waals surface area contributed by atoms with E-state index >= 15 is 0 Å². The fourth-order valence-electron chi connectivity index (χ4n) is 2.86. The molecule has 1 unspecified atom stereocenters. The van der Waals surface area contributed by atoms with Crippen LogP contribution < -0.4 is 10.9 Å². The Morgan fingerprint density at radius 2 is 2.03 bits per heavy atom. The lowest BCUT2D eigenvalue weighted by molar-refractivity contribution is -0.124. The second-order valence-corrected chi connectivity index (χ2v) is 7.42. The maximum Gasteiger partial charge on any atom is 0.349 e. The molecular weight excluding hydrogens is 404 g/mol. The Morgan fingerprint density at radius 1 is 1.31 bits per heavy atom. The van der Waals surface area contributed by atoms with Gasteiger partial charge in [-0.05, 0) is 32.4 Å². The van der Waals surface area contributed by atoms with E-state index in [1.165, 1.54) is 13.0 Å². The summed E-state index contributed by atoms with van der Waals surface area (Å²) in [6, 6.07) is 2.29. The summed E-state index contributed by atoms with van der Waals surface area (Å²) in [6.45, 7) is 4.15. The molecule has 0 saturated heterocycles. The van der Waals surface area contributed by atoms with Gasteiger partial charge in [0.25, 0.3) is 11.5 Å². The fraction of sp³-hybridized carbons (Fsp3) is 0.263. The SMILES string of the molecule is Cc1nc2sc(C(=O)OCC(=O)NC(C)c3ccc(F)cc3F)c(C)c2c(=O)[nH]1. The van der Waals surface area contributed by atoms with Crippen LogP contribution in [0.4, 0.5) is 8.78 Å². The highest BCUT2D eigenvalue weighted by molar-refractivity contribution is 7.20. The molecule has 1 atom stereocenters. The molecule has 10 heteroatoms. The summed E-state index contributed by atoms with van der Waals surface area (Å²) in [5.74, 6) is -2.51. The first-order chi connectivity index (χ1) is 13.7. The van der Waals surface area contributed by atoms with Gasteiger partial charge in [-0.15, -0.1) is 11.3 Å². The largest absolute Gasteiger partial charge is 0.451 e. The lowest BCUT2D eigenvalue weighted by Gasteiger charge is -2.15. The predicted octanol–water partition coefficient (Wildman–Crippen LogP) is 2.91. The standard InChI is InChI=1S/C19H17F2N3O4S/c1-8-15-17(26)23-10(3)24-18(15)29-16(8)19(27)28-7-14(25)22-9(2)12-5-4-11(20)6-13(12)21/h4-6,9H,7H2,1-3H3,(H,22,25)(H,23,24,26). The maximum atomic E-state index is 13.8. The zero-order chi connectivity index (χ0) is 21.3. The van der Waals surface area contributed by atoms with E-state index in [0.717, 1.165) is 23.5 Å². The molecule has 2 N–H and O–H groups in total. The van der Waals surface area contributed by atoms with Crippen LogP contribution in [0.5, 0.6) is 0 Å². The third-order valence-electron chi connectivity index (χ3n) is 4.25. The number of carbonyl (C=O) groups excluding carboxylic acids is 2. The van der Waals surface area contributed by atoms with Crippen molar-refractivity contribution in [3.05, 3.63) is 62.0 Å². The molecule has 1 aromatic carbocycles. The van der Waals surface area contributed by atoms with Gasteiger partial charge in [0.2, 0.25) is 0 Å². The highest BCUT2D eigenvalue weighted by Crippen LogP contribution is 2.27. The van der Waals surface area contributed by atoms with Crippen LogP contribution in [0.1, 0.15) is 39.6 Å². The molecule has 3 aromatic rings. The molecule has 0 spiro atoms. The van der Waals surface area contributed by atoms with Gasteiger partial charge in [-0.1, -0.05) is 6.07 Å². The Morgan fingerprint density at radius 3 is 2.72 bits per heavy atom. The number of fused-ring (bicyclic) bond motifs is 1. The van der Waals surface area contributed by atoms with Gasteiger partial charge < -0.3 is 15.0 Å². The lowest BCUT2D eigenvalue weighted by Crippen LogP contribution is -2.31. The molecule has 0 aliphatic heterocycles. The van der Waals surface area contributed by atoms with E-state index in [1.807, 2.05) is 0 Å². The number of benzene rings is 1. The van der Waals surface area contributed by atoms with E-state index in [0.29, 0.717) is 21.6 Å². The van der Waals surface area contributed by atoms with Gasteiger partial charge in [0.05, 0.1) is 11.4 Å². The number of aryl methyl sites for hydroxylation is 2. The minimum absolute atomic E-state index is 0.104. The van der Waals surface area contributed by atoms with E-state index in [9.17, 15) is 23.2 Å². The van der Waals surface area contributed by atoms with Crippen LogP contribution in [0.25, 0.3) is 10.2 Å². The zero-order valence-corrected chi connectivity index (χ0v) is 16.6. The molecule has 0 aliphatic rings. The molecule has 0 saturated carbocycles. The second-order valence-electron chi connectivity index (χ2n) is 6.42. The van der Waals surface area contributed by atoms with Gasteiger partial charge in [-0.3, -0.25) is 9.59 Å². The number of esters is 1. The number of carbonyl (C=O) groups is 2. The van der Waals surface area contributed by atoms with Crippen molar-refractivity contribution in [2.24, 2.45) is 0 Å². The van der Waals surface area contributed by atoms with Gasteiger partial charge in [-0.2, -0.15) is 0 Å². The summed E-state index contributed by atoms with van der Waals surface area (Å²) in [6.07, 6.45) is 0. The van der Waals surface area contributed by atoms with E-state index < -0.39 is 36.2 Å². The normalized spacial score (nSPS) is 12.0. The highest BCUT2D eigenvalue weighted by Gasteiger charge is 2.21. The molecule has 152 valence electrons. The third kappa shape index (κ3) is 4.32. The molecular formula is C19H17F2N3O4S. The Balaban J connectivity index is 1.67. The van der Waals surface area contributed by atoms with Gasteiger partial charge in [0.15, 0.2) is 6.61 Å². The zero-order valence-electron chi connectivity index (χ0n) is 15.8. The van der Waals surface area contributed by atoms with Gasteiger partial charge in [-0.25, -0.2) is 18.6 Å². The predicted molar refractivity (Wildman–Crippen MR) is 103 cm³/mol. The van der Waals surface area contributed by atoms with Crippen molar-refractivity contribution < 1.29 is 23.1 Å². The minimum Gasteiger partial charge on any atom is -0.451 e. The van der Waals surface area contributed by atoms with E-state index in [2.05, 4.69) is 15.3 Å². The van der Waals surface area contributed by atoms with Crippen molar-refractivity contribution >= 4 is 33.4 Å². The molecule has 0 aliphatic carbocycles. The number of H-pyrrole nitrogens is 1. The van der Waals surface area contributed by atoms with Crippen molar-refractivity contribution in [2.75, 3.05) is 6.61 Å². The van der Waals surface area contributed by atoms with E-state index in [1.54, 1.807) is 13.8 Å². The Kier molecular flexibility index (Phi) is 5.73. The highest BCUT2D eigenvalue weighted by atomic mass is 32.1. The van der Waals surface area contributed by atoms with Crippen LogP contribution in [-0.2, 0) is 9.53 Å². The van der Waals surface area contributed by atoms with Crippen molar-refractivity contribution in [1.82, 2.24) is 15.3 Å². The molecule has 2 aromatic heterocycles. The van der Waals surface area contributed by atoms with Crippen molar-refractivity contribution in [2.45, 2.75) is 26.8 Å². The number of hydrogen-bond acceptors (Lipinski definition) is 6. The Hall–Kier alpha value is -3.14. The molecule has 0 bridgehead atoms. The summed E-state index contributed by atoms with van der Waals surface area (Å²) >= 11 is 1.00. The number of nitrogens with zero attached hydrogens (tertiary/aromatic N) is 1. The number of thiophene rings is 1. The average Bonchev–Trinajstić information content (AvgIpc) is 2.96.